The zero-order valence-electron chi connectivity index (χ0n) is 9.54. The molecular weight excluding hydrogens is 302 g/mol. The van der Waals surface area contributed by atoms with Gasteiger partial charge in [0.1, 0.15) is 0 Å². The van der Waals surface area contributed by atoms with Crippen LogP contribution in [0.1, 0.15) is 17.9 Å². The van der Waals surface area contributed by atoms with Crippen molar-refractivity contribution in [3.8, 4) is 11.3 Å². The Hall–Kier alpha value is -0.800. The fraction of sp³-hybridized carbons (Fsp3) is 0.308. The highest BCUT2D eigenvalue weighted by atomic mass is 79.9. The number of halogens is 2. The Morgan fingerprint density at radius 1 is 1.41 bits per heavy atom. The highest BCUT2D eigenvalue weighted by molar-refractivity contribution is 9.10. The van der Waals surface area contributed by atoms with E-state index >= 15 is 0 Å². The molecule has 4 heteroatoms. The summed E-state index contributed by atoms with van der Waals surface area (Å²) in [7, 11) is 0. The van der Waals surface area contributed by atoms with Crippen molar-refractivity contribution in [2.45, 2.75) is 19.8 Å². The van der Waals surface area contributed by atoms with Crippen LogP contribution in [0.5, 0.6) is 0 Å². The third-order valence-electron chi connectivity index (χ3n) is 2.47. The number of alkyl halides is 1. The van der Waals surface area contributed by atoms with Gasteiger partial charge in [-0.3, -0.25) is 0 Å². The number of nitrogens with zero attached hydrogens (tertiary/aromatic N) is 1. The minimum atomic E-state index is 0.631. The van der Waals surface area contributed by atoms with Crippen molar-refractivity contribution in [1.82, 2.24) is 4.98 Å². The zero-order chi connectivity index (χ0) is 12.3. The molecule has 0 saturated carbocycles. The molecule has 0 atom stereocenters. The van der Waals surface area contributed by atoms with E-state index in [0.717, 1.165) is 34.5 Å². The molecule has 0 spiro atoms. The predicted octanol–water partition coefficient (Wildman–Crippen LogP) is 4.58. The Kier molecular flexibility index (Phi) is 4.24. The van der Waals surface area contributed by atoms with E-state index in [-0.39, 0.29) is 0 Å². The summed E-state index contributed by atoms with van der Waals surface area (Å²) in [4.78, 5) is 4.25. The minimum Gasteiger partial charge on any atom is -0.441 e. The van der Waals surface area contributed by atoms with Gasteiger partial charge in [-0.15, -0.1) is 11.6 Å². The van der Waals surface area contributed by atoms with Crippen LogP contribution >= 0.6 is 27.5 Å². The lowest BCUT2D eigenvalue weighted by Gasteiger charge is -2.01. The van der Waals surface area contributed by atoms with Gasteiger partial charge in [0.15, 0.2) is 11.7 Å². The largest absolute Gasteiger partial charge is 0.441 e. The van der Waals surface area contributed by atoms with Crippen molar-refractivity contribution in [2.75, 3.05) is 5.88 Å². The fourth-order valence-electron chi connectivity index (χ4n) is 1.60. The summed E-state index contributed by atoms with van der Waals surface area (Å²) in [5.41, 5.74) is 2.23. The summed E-state index contributed by atoms with van der Waals surface area (Å²) in [5.74, 6) is 2.17. The molecule has 0 amide bonds. The second-order valence-electron chi connectivity index (χ2n) is 3.89. The summed E-state index contributed by atoms with van der Waals surface area (Å²) in [6.45, 7) is 2.06. The topological polar surface area (TPSA) is 26.0 Å². The molecule has 0 saturated heterocycles. The number of oxazole rings is 1. The van der Waals surface area contributed by atoms with Crippen molar-refractivity contribution in [1.29, 1.82) is 0 Å². The SMILES string of the molecule is Cc1ccc(Br)c(-c2cnc(CCCCl)o2)c1. The van der Waals surface area contributed by atoms with Crippen LogP contribution in [0.15, 0.2) is 33.3 Å². The average molecular weight is 315 g/mol. The maximum absolute atomic E-state index is 5.71. The molecule has 2 rings (SSSR count). The average Bonchev–Trinajstić information content (AvgIpc) is 2.78. The quantitative estimate of drug-likeness (QED) is 0.772. The molecule has 1 aromatic carbocycles. The molecule has 2 aromatic rings. The third kappa shape index (κ3) is 3.11. The van der Waals surface area contributed by atoms with Gasteiger partial charge < -0.3 is 4.42 Å². The second kappa shape index (κ2) is 5.69. The van der Waals surface area contributed by atoms with E-state index in [2.05, 4.69) is 40.0 Å². The van der Waals surface area contributed by atoms with Crippen molar-refractivity contribution >= 4 is 27.5 Å². The summed E-state index contributed by atoms with van der Waals surface area (Å²) < 4.78 is 6.72. The molecule has 90 valence electrons. The van der Waals surface area contributed by atoms with Crippen LogP contribution < -0.4 is 0 Å². The molecule has 0 aliphatic heterocycles. The van der Waals surface area contributed by atoms with E-state index in [9.17, 15) is 0 Å². The van der Waals surface area contributed by atoms with E-state index in [1.165, 1.54) is 5.56 Å². The zero-order valence-corrected chi connectivity index (χ0v) is 11.9. The summed E-state index contributed by atoms with van der Waals surface area (Å²) in [6.07, 6.45) is 3.44. The van der Waals surface area contributed by atoms with Gasteiger partial charge in [-0.1, -0.05) is 27.6 Å². The van der Waals surface area contributed by atoms with Gasteiger partial charge in [-0.05, 0) is 25.5 Å². The summed E-state index contributed by atoms with van der Waals surface area (Å²) in [6, 6.07) is 6.15. The number of hydrogen-bond acceptors (Lipinski definition) is 2. The van der Waals surface area contributed by atoms with Crippen LogP contribution in [-0.2, 0) is 6.42 Å². The first-order chi connectivity index (χ1) is 8.20. The second-order valence-corrected chi connectivity index (χ2v) is 5.13. The van der Waals surface area contributed by atoms with Gasteiger partial charge in [-0.25, -0.2) is 4.98 Å². The van der Waals surface area contributed by atoms with Crippen molar-refractivity contribution in [3.63, 3.8) is 0 Å². The summed E-state index contributed by atoms with van der Waals surface area (Å²) >= 11 is 9.16. The molecule has 0 unspecified atom stereocenters. The van der Waals surface area contributed by atoms with Gasteiger partial charge in [0.05, 0.1) is 6.20 Å². The van der Waals surface area contributed by atoms with Crippen molar-refractivity contribution < 1.29 is 4.42 Å². The number of aryl methyl sites for hydroxylation is 2. The fourth-order valence-corrected chi connectivity index (χ4v) is 2.17. The van der Waals surface area contributed by atoms with E-state index in [1.54, 1.807) is 6.20 Å². The van der Waals surface area contributed by atoms with Crippen LogP contribution in [0, 0.1) is 6.92 Å². The van der Waals surface area contributed by atoms with Crippen LogP contribution in [0.25, 0.3) is 11.3 Å². The number of hydrogen-bond donors (Lipinski definition) is 0. The lowest BCUT2D eigenvalue weighted by Crippen LogP contribution is -1.84. The van der Waals surface area contributed by atoms with Crippen LogP contribution in [0.2, 0.25) is 0 Å². The lowest BCUT2D eigenvalue weighted by atomic mass is 10.1. The number of rotatable bonds is 4. The van der Waals surface area contributed by atoms with Crippen LogP contribution in [-0.4, -0.2) is 10.9 Å². The Morgan fingerprint density at radius 3 is 3.00 bits per heavy atom. The smallest absolute Gasteiger partial charge is 0.194 e. The maximum atomic E-state index is 5.71. The molecule has 17 heavy (non-hydrogen) atoms. The molecule has 0 aliphatic rings. The Labute approximate surface area is 114 Å². The minimum absolute atomic E-state index is 0.631. The predicted molar refractivity (Wildman–Crippen MR) is 73.4 cm³/mol. The highest BCUT2D eigenvalue weighted by Gasteiger charge is 2.09. The summed E-state index contributed by atoms with van der Waals surface area (Å²) in [5, 5.41) is 0. The van der Waals surface area contributed by atoms with Gasteiger partial charge >= 0.3 is 0 Å². The molecule has 0 radical (unpaired) electrons. The van der Waals surface area contributed by atoms with E-state index in [0.29, 0.717) is 5.88 Å². The molecule has 1 heterocycles. The maximum Gasteiger partial charge on any atom is 0.194 e. The van der Waals surface area contributed by atoms with Crippen molar-refractivity contribution in [2.24, 2.45) is 0 Å². The van der Waals surface area contributed by atoms with E-state index in [1.807, 2.05) is 6.07 Å². The normalized spacial score (nSPS) is 10.8. The highest BCUT2D eigenvalue weighted by Crippen LogP contribution is 2.29. The molecular formula is C13H13BrClNO. The molecule has 1 aromatic heterocycles. The monoisotopic (exact) mass is 313 g/mol. The van der Waals surface area contributed by atoms with Crippen molar-refractivity contribution in [3.05, 3.63) is 40.3 Å². The third-order valence-corrected chi connectivity index (χ3v) is 3.42. The number of aromatic nitrogens is 1. The van der Waals surface area contributed by atoms with E-state index < -0.39 is 0 Å². The molecule has 2 nitrogen and oxygen atoms in total. The van der Waals surface area contributed by atoms with Gasteiger partial charge in [0.25, 0.3) is 0 Å². The molecule has 0 N–H and O–H groups in total. The Morgan fingerprint density at radius 2 is 2.24 bits per heavy atom. The number of benzene rings is 1. The standard InChI is InChI=1S/C13H13BrClNO/c1-9-4-5-11(14)10(7-9)12-8-16-13(17-12)3-2-6-15/h4-5,7-8H,2-3,6H2,1H3. The first kappa shape index (κ1) is 12.7. The first-order valence-corrected chi connectivity index (χ1v) is 6.80. The van der Waals surface area contributed by atoms with Crippen LogP contribution in [0.3, 0.4) is 0 Å². The lowest BCUT2D eigenvalue weighted by molar-refractivity contribution is 0.503. The van der Waals surface area contributed by atoms with E-state index in [4.69, 9.17) is 16.0 Å². The van der Waals surface area contributed by atoms with Gasteiger partial charge in [0.2, 0.25) is 0 Å². The molecule has 0 aliphatic carbocycles. The Bertz CT molecular complexity index is 510. The van der Waals surface area contributed by atoms with Gasteiger partial charge in [0, 0.05) is 22.3 Å². The van der Waals surface area contributed by atoms with Crippen LogP contribution in [0.4, 0.5) is 0 Å². The first-order valence-electron chi connectivity index (χ1n) is 5.48. The van der Waals surface area contributed by atoms with Gasteiger partial charge in [-0.2, -0.15) is 0 Å². The molecule has 0 fully saturated rings. The molecule has 0 bridgehead atoms. The Balaban J connectivity index is 2.27.